The van der Waals surface area contributed by atoms with E-state index in [1.165, 1.54) is 16.6 Å². The van der Waals surface area contributed by atoms with E-state index in [1.54, 1.807) is 31.2 Å². The summed E-state index contributed by atoms with van der Waals surface area (Å²) in [6.45, 7) is 4.13. The number of hydrogen-bond donors (Lipinski definition) is 1. The van der Waals surface area contributed by atoms with Gasteiger partial charge >= 0.3 is 5.97 Å². The summed E-state index contributed by atoms with van der Waals surface area (Å²) in [5.41, 5.74) is 2.23. The summed E-state index contributed by atoms with van der Waals surface area (Å²) in [6.07, 6.45) is 1.46. The Morgan fingerprint density at radius 1 is 1.10 bits per heavy atom. The monoisotopic (exact) mass is 393 g/mol. The number of esters is 1. The largest absolute Gasteiger partial charge is 0.449 e. The Morgan fingerprint density at radius 3 is 2.45 bits per heavy atom. The van der Waals surface area contributed by atoms with Crippen LogP contribution in [0.15, 0.2) is 60.9 Å². The number of carbonyl (C=O) groups excluding carboxylic acids is 2. The summed E-state index contributed by atoms with van der Waals surface area (Å²) >= 11 is 0. The Hall–Kier alpha value is -3.55. The summed E-state index contributed by atoms with van der Waals surface area (Å²) in [6, 6.07) is 16.6. The van der Waals surface area contributed by atoms with Gasteiger partial charge in [-0.15, -0.1) is 5.10 Å². The molecule has 0 bridgehead atoms. The van der Waals surface area contributed by atoms with Crippen molar-refractivity contribution in [1.82, 2.24) is 25.5 Å². The maximum atomic E-state index is 12.4. The van der Waals surface area contributed by atoms with E-state index in [0.29, 0.717) is 17.8 Å². The van der Waals surface area contributed by atoms with Gasteiger partial charge in [0, 0.05) is 12.5 Å². The lowest BCUT2D eigenvalue weighted by molar-refractivity contribution is -0.129. The number of nitrogens with one attached hydrogen (secondary N) is 1. The molecule has 0 spiro atoms. The second kappa shape index (κ2) is 9.59. The molecule has 2 atom stereocenters. The summed E-state index contributed by atoms with van der Waals surface area (Å²) in [5, 5.41) is 13.8. The molecule has 1 amide bonds. The van der Waals surface area contributed by atoms with Gasteiger partial charge in [-0.3, -0.25) is 4.79 Å². The highest BCUT2D eigenvalue weighted by Crippen LogP contribution is 2.18. The molecule has 0 unspecified atom stereocenters. The molecular weight excluding hydrogens is 370 g/mol. The van der Waals surface area contributed by atoms with Crippen LogP contribution in [0.3, 0.4) is 0 Å². The molecule has 0 saturated carbocycles. The number of tetrazole rings is 1. The zero-order valence-electron chi connectivity index (χ0n) is 16.4. The van der Waals surface area contributed by atoms with Crippen molar-refractivity contribution in [2.24, 2.45) is 0 Å². The fourth-order valence-corrected chi connectivity index (χ4v) is 2.90. The van der Waals surface area contributed by atoms with Gasteiger partial charge in [-0.05, 0) is 53.6 Å². The Balaban J connectivity index is 1.53. The van der Waals surface area contributed by atoms with Crippen molar-refractivity contribution < 1.29 is 14.3 Å². The molecule has 29 heavy (non-hydrogen) atoms. The second-order valence-electron chi connectivity index (χ2n) is 6.61. The molecule has 8 nitrogen and oxygen atoms in total. The molecule has 0 radical (unpaired) electrons. The molecule has 8 heteroatoms. The maximum Gasteiger partial charge on any atom is 0.338 e. The normalized spacial score (nSPS) is 12.8. The molecule has 150 valence electrons. The number of hydrogen-bond acceptors (Lipinski definition) is 6. The number of amides is 1. The van der Waals surface area contributed by atoms with Crippen LogP contribution < -0.4 is 5.32 Å². The van der Waals surface area contributed by atoms with Crippen molar-refractivity contribution in [3.63, 3.8) is 0 Å². The molecule has 3 aromatic rings. The first-order valence-electron chi connectivity index (χ1n) is 9.45. The summed E-state index contributed by atoms with van der Waals surface area (Å²) in [7, 11) is 0. The lowest BCUT2D eigenvalue weighted by Crippen LogP contribution is -2.38. The van der Waals surface area contributed by atoms with Crippen LogP contribution in [-0.4, -0.2) is 44.7 Å². The average Bonchev–Trinajstić information content (AvgIpc) is 3.30. The van der Waals surface area contributed by atoms with Crippen molar-refractivity contribution in [3.05, 3.63) is 72.1 Å². The topological polar surface area (TPSA) is 99.0 Å². The van der Waals surface area contributed by atoms with Crippen LogP contribution >= 0.6 is 0 Å². The van der Waals surface area contributed by atoms with Gasteiger partial charge < -0.3 is 10.1 Å². The Labute approximate surface area is 168 Å². The minimum Gasteiger partial charge on any atom is -0.449 e. The van der Waals surface area contributed by atoms with E-state index in [4.69, 9.17) is 4.74 Å². The fourth-order valence-electron chi connectivity index (χ4n) is 2.90. The number of aromatic nitrogens is 4. The number of benzene rings is 2. The smallest absolute Gasteiger partial charge is 0.338 e. The third-order valence-corrected chi connectivity index (χ3v) is 4.66. The van der Waals surface area contributed by atoms with Crippen LogP contribution in [0.1, 0.15) is 42.1 Å². The standard InChI is InChI=1S/C21H23N5O3/c1-3-16(17-7-5-4-6-8-17)13-22-20(27)15(2)29-21(28)18-9-11-19(12-10-18)26-14-23-24-25-26/h4-12,14-16H,3,13H2,1-2H3,(H,22,27)/t15-,16+/m1/s1. The molecule has 0 fully saturated rings. The molecule has 0 aliphatic rings. The predicted octanol–water partition coefficient (Wildman–Crippen LogP) is 2.52. The molecular formula is C21H23N5O3. The van der Waals surface area contributed by atoms with Crippen LogP contribution in [-0.2, 0) is 9.53 Å². The van der Waals surface area contributed by atoms with Crippen molar-refractivity contribution in [2.45, 2.75) is 32.3 Å². The van der Waals surface area contributed by atoms with E-state index in [-0.39, 0.29) is 11.8 Å². The average molecular weight is 393 g/mol. The molecule has 3 rings (SSSR count). The van der Waals surface area contributed by atoms with Gasteiger partial charge in [0.25, 0.3) is 5.91 Å². The minimum absolute atomic E-state index is 0.210. The van der Waals surface area contributed by atoms with E-state index < -0.39 is 12.1 Å². The van der Waals surface area contributed by atoms with Crippen LogP contribution in [0, 0.1) is 0 Å². The summed E-state index contributed by atoms with van der Waals surface area (Å²) in [5.74, 6) is -0.675. The van der Waals surface area contributed by atoms with Crippen molar-refractivity contribution in [3.8, 4) is 5.69 Å². The third-order valence-electron chi connectivity index (χ3n) is 4.66. The van der Waals surface area contributed by atoms with Crippen molar-refractivity contribution >= 4 is 11.9 Å². The van der Waals surface area contributed by atoms with Gasteiger partial charge in [-0.2, -0.15) is 0 Å². The molecule has 1 heterocycles. The summed E-state index contributed by atoms with van der Waals surface area (Å²) in [4.78, 5) is 24.7. The highest BCUT2D eigenvalue weighted by Gasteiger charge is 2.20. The van der Waals surface area contributed by atoms with Crippen LogP contribution in [0.2, 0.25) is 0 Å². The molecule has 2 aromatic carbocycles. The minimum atomic E-state index is -0.894. The van der Waals surface area contributed by atoms with Gasteiger partial charge in [-0.25, -0.2) is 9.48 Å². The summed E-state index contributed by atoms with van der Waals surface area (Å²) < 4.78 is 6.78. The second-order valence-corrected chi connectivity index (χ2v) is 6.61. The van der Waals surface area contributed by atoms with Crippen LogP contribution in [0.4, 0.5) is 0 Å². The first kappa shape index (κ1) is 20.2. The van der Waals surface area contributed by atoms with Crippen LogP contribution in [0.25, 0.3) is 5.69 Å². The quantitative estimate of drug-likeness (QED) is 0.591. The molecule has 0 saturated heterocycles. The zero-order valence-corrected chi connectivity index (χ0v) is 16.4. The van der Waals surface area contributed by atoms with Gasteiger partial charge in [-0.1, -0.05) is 37.3 Å². The van der Waals surface area contributed by atoms with Gasteiger partial charge in [0.1, 0.15) is 6.33 Å². The third kappa shape index (κ3) is 5.25. The number of carbonyl (C=O) groups is 2. The molecule has 1 N–H and O–H groups in total. The van der Waals surface area contributed by atoms with E-state index in [0.717, 1.165) is 6.42 Å². The van der Waals surface area contributed by atoms with E-state index in [1.807, 2.05) is 30.3 Å². The van der Waals surface area contributed by atoms with Crippen molar-refractivity contribution in [1.29, 1.82) is 0 Å². The van der Waals surface area contributed by atoms with Gasteiger partial charge in [0.05, 0.1) is 11.3 Å². The highest BCUT2D eigenvalue weighted by molar-refractivity contribution is 5.92. The first-order valence-corrected chi connectivity index (χ1v) is 9.45. The molecule has 1 aromatic heterocycles. The van der Waals surface area contributed by atoms with E-state index in [9.17, 15) is 9.59 Å². The zero-order chi connectivity index (χ0) is 20.6. The first-order chi connectivity index (χ1) is 14.1. The van der Waals surface area contributed by atoms with Gasteiger partial charge in [0.15, 0.2) is 6.10 Å². The SMILES string of the molecule is CC[C@@H](CNC(=O)[C@@H](C)OC(=O)c1ccc(-n2cnnn2)cc1)c1ccccc1. The van der Waals surface area contributed by atoms with E-state index >= 15 is 0 Å². The van der Waals surface area contributed by atoms with Crippen molar-refractivity contribution in [2.75, 3.05) is 6.54 Å². The lowest BCUT2D eigenvalue weighted by atomic mass is 9.96. The van der Waals surface area contributed by atoms with Crippen LogP contribution in [0.5, 0.6) is 0 Å². The Morgan fingerprint density at radius 2 is 1.83 bits per heavy atom. The van der Waals surface area contributed by atoms with E-state index in [2.05, 4.69) is 27.8 Å². The highest BCUT2D eigenvalue weighted by atomic mass is 16.5. The number of rotatable bonds is 8. The molecule has 0 aliphatic heterocycles. The number of nitrogens with zero attached hydrogens (tertiary/aromatic N) is 4. The lowest BCUT2D eigenvalue weighted by Gasteiger charge is -2.18. The predicted molar refractivity (Wildman–Crippen MR) is 107 cm³/mol. The number of ether oxygens (including phenoxy) is 1. The van der Waals surface area contributed by atoms with Gasteiger partial charge in [0.2, 0.25) is 0 Å². The Bertz CT molecular complexity index is 927. The fraction of sp³-hybridized carbons (Fsp3) is 0.286. The molecule has 0 aliphatic carbocycles. The Kier molecular flexibility index (Phi) is 6.67. The maximum absolute atomic E-state index is 12.4.